The Bertz CT molecular complexity index is 637. The van der Waals surface area contributed by atoms with Crippen LogP contribution in [0, 0.1) is 21.4 Å². The molecule has 1 rings (SSSR count). The van der Waals surface area contributed by atoms with Crippen molar-refractivity contribution in [3.8, 4) is 11.8 Å². The largest absolute Gasteiger partial charge is 0.573 e. The normalized spacial score (nSPS) is 10.7. The van der Waals surface area contributed by atoms with Crippen molar-refractivity contribution in [2.75, 3.05) is 6.61 Å². The lowest BCUT2D eigenvalue weighted by Crippen LogP contribution is -2.18. The second kappa shape index (κ2) is 6.75. The molecule has 0 saturated carbocycles. The highest BCUT2D eigenvalue weighted by Crippen LogP contribution is 2.36. The lowest BCUT2D eigenvalue weighted by atomic mass is 10.1. The van der Waals surface area contributed by atoms with Gasteiger partial charge in [-0.3, -0.25) is 14.9 Å². The molecule has 0 aliphatic carbocycles. The average Bonchev–Trinajstić information content (AvgIpc) is 2.35. The van der Waals surface area contributed by atoms with E-state index in [1.807, 2.05) is 0 Å². The van der Waals surface area contributed by atoms with E-state index < -0.39 is 40.7 Å². The van der Waals surface area contributed by atoms with Crippen LogP contribution in [0.1, 0.15) is 18.1 Å². The summed E-state index contributed by atoms with van der Waals surface area (Å²) in [5, 5.41) is 19.7. The van der Waals surface area contributed by atoms with E-state index in [1.54, 1.807) is 0 Å². The maximum absolute atomic E-state index is 12.3. The van der Waals surface area contributed by atoms with Crippen molar-refractivity contribution in [1.82, 2.24) is 0 Å². The molecule has 1 aromatic carbocycles. The highest BCUT2D eigenvalue weighted by molar-refractivity contribution is 5.74. The van der Waals surface area contributed by atoms with Gasteiger partial charge in [-0.2, -0.15) is 5.26 Å². The summed E-state index contributed by atoms with van der Waals surface area (Å²) in [7, 11) is 0. The van der Waals surface area contributed by atoms with Crippen LogP contribution >= 0.6 is 0 Å². The number of halogens is 3. The number of hydrogen-bond donors (Lipinski definition) is 0. The van der Waals surface area contributed by atoms with E-state index in [0.717, 1.165) is 6.07 Å². The summed E-state index contributed by atoms with van der Waals surface area (Å²) in [5.41, 5.74) is -1.83. The Balaban J connectivity index is 3.34. The van der Waals surface area contributed by atoms with Gasteiger partial charge >= 0.3 is 18.0 Å². The smallest absolute Gasteiger partial charge is 0.466 e. The summed E-state index contributed by atoms with van der Waals surface area (Å²) in [5.74, 6) is -1.91. The van der Waals surface area contributed by atoms with Crippen LogP contribution in [0.2, 0.25) is 0 Å². The van der Waals surface area contributed by atoms with Crippen molar-refractivity contribution in [2.45, 2.75) is 19.7 Å². The number of carbonyl (C=O) groups is 1. The Hall–Kier alpha value is -2.83. The molecule has 0 radical (unpaired) electrons. The standard InChI is InChI=1S/C12H9F3N2O5/c1-2-21-10(18)5-7-3-8(6-16)11(17(19)20)9(4-7)22-12(13,14)15/h3-4H,2,5H2,1H3. The summed E-state index contributed by atoms with van der Waals surface area (Å²) in [4.78, 5) is 21.0. The van der Waals surface area contributed by atoms with Gasteiger partial charge in [-0.1, -0.05) is 0 Å². The summed E-state index contributed by atoms with van der Waals surface area (Å²) >= 11 is 0. The SMILES string of the molecule is CCOC(=O)Cc1cc(C#N)c([N+](=O)[O-])c(OC(F)(F)F)c1. The second-order valence-corrected chi connectivity index (χ2v) is 3.89. The number of benzene rings is 1. The number of nitro groups is 1. The van der Waals surface area contributed by atoms with Gasteiger partial charge < -0.3 is 9.47 Å². The van der Waals surface area contributed by atoms with E-state index in [2.05, 4.69) is 9.47 Å². The number of nitrogens with zero attached hydrogens (tertiary/aromatic N) is 2. The average molecular weight is 318 g/mol. The first kappa shape index (κ1) is 17.2. The van der Waals surface area contributed by atoms with E-state index in [9.17, 15) is 28.1 Å². The summed E-state index contributed by atoms with van der Waals surface area (Å²) < 4.78 is 45.1. The van der Waals surface area contributed by atoms with E-state index >= 15 is 0 Å². The van der Waals surface area contributed by atoms with Gasteiger partial charge in [0.25, 0.3) is 0 Å². The number of esters is 1. The van der Waals surface area contributed by atoms with Crippen LogP contribution in [0.4, 0.5) is 18.9 Å². The monoisotopic (exact) mass is 318 g/mol. The summed E-state index contributed by atoms with van der Waals surface area (Å²) in [6.07, 6.45) is -5.63. The molecule has 7 nitrogen and oxygen atoms in total. The van der Waals surface area contributed by atoms with Gasteiger partial charge in [-0.25, -0.2) is 0 Å². The third-order valence-electron chi connectivity index (χ3n) is 2.32. The lowest BCUT2D eigenvalue weighted by molar-refractivity contribution is -0.389. The first-order valence-electron chi connectivity index (χ1n) is 5.80. The minimum atomic E-state index is -5.18. The van der Waals surface area contributed by atoms with Crippen LogP contribution < -0.4 is 4.74 Å². The van der Waals surface area contributed by atoms with E-state index in [4.69, 9.17) is 5.26 Å². The molecule has 0 aliphatic heterocycles. The zero-order valence-corrected chi connectivity index (χ0v) is 11.1. The number of nitriles is 1. The van der Waals surface area contributed by atoms with E-state index in [-0.39, 0.29) is 12.2 Å². The van der Waals surface area contributed by atoms with Crippen molar-refractivity contribution in [3.63, 3.8) is 0 Å². The molecule has 0 spiro atoms. The molecule has 22 heavy (non-hydrogen) atoms. The van der Waals surface area contributed by atoms with E-state index in [1.165, 1.54) is 13.0 Å². The number of rotatable bonds is 5. The molecule has 0 unspecified atom stereocenters. The van der Waals surface area contributed by atoms with Crippen molar-refractivity contribution in [3.05, 3.63) is 33.4 Å². The van der Waals surface area contributed by atoms with Crippen molar-refractivity contribution >= 4 is 11.7 Å². The first-order chi connectivity index (χ1) is 10.2. The maximum Gasteiger partial charge on any atom is 0.573 e. The fraction of sp³-hybridized carbons (Fsp3) is 0.333. The Morgan fingerprint density at radius 2 is 2.09 bits per heavy atom. The van der Waals surface area contributed by atoms with Crippen LogP contribution in [0.3, 0.4) is 0 Å². The highest BCUT2D eigenvalue weighted by Gasteiger charge is 2.36. The molecule has 118 valence electrons. The van der Waals surface area contributed by atoms with Crippen LogP contribution in [0.5, 0.6) is 5.75 Å². The van der Waals surface area contributed by atoms with Gasteiger partial charge in [0.15, 0.2) is 0 Å². The number of nitro benzene ring substituents is 1. The zero-order chi connectivity index (χ0) is 16.9. The Morgan fingerprint density at radius 1 is 1.45 bits per heavy atom. The van der Waals surface area contributed by atoms with Crippen molar-refractivity contribution in [1.29, 1.82) is 5.26 Å². The molecule has 0 amide bonds. The predicted octanol–water partition coefficient (Wildman–Crippen LogP) is 2.47. The number of alkyl halides is 3. The fourth-order valence-corrected chi connectivity index (χ4v) is 1.62. The van der Waals surface area contributed by atoms with Gasteiger partial charge in [0.05, 0.1) is 18.0 Å². The van der Waals surface area contributed by atoms with Crippen molar-refractivity contribution < 1.29 is 32.4 Å². The van der Waals surface area contributed by atoms with Crippen LogP contribution in [0.25, 0.3) is 0 Å². The summed E-state index contributed by atoms with van der Waals surface area (Å²) in [6, 6.07) is 3.03. The minimum absolute atomic E-state index is 0.0584. The van der Waals surface area contributed by atoms with Gasteiger partial charge in [0.2, 0.25) is 5.75 Å². The first-order valence-corrected chi connectivity index (χ1v) is 5.80. The van der Waals surface area contributed by atoms with Crippen LogP contribution in [-0.2, 0) is 16.0 Å². The predicted molar refractivity (Wildman–Crippen MR) is 64.8 cm³/mol. The third kappa shape index (κ3) is 4.62. The number of carbonyl (C=O) groups excluding carboxylic acids is 1. The molecule has 0 aliphatic rings. The molecule has 0 saturated heterocycles. The molecule has 10 heteroatoms. The van der Waals surface area contributed by atoms with Crippen LogP contribution in [0.15, 0.2) is 12.1 Å². The molecule has 0 fully saturated rings. The Kier molecular flexibility index (Phi) is 5.28. The lowest BCUT2D eigenvalue weighted by Gasteiger charge is -2.11. The highest BCUT2D eigenvalue weighted by atomic mass is 19.4. The van der Waals surface area contributed by atoms with E-state index in [0.29, 0.717) is 6.07 Å². The maximum atomic E-state index is 12.3. The Labute approximate surface area is 122 Å². The number of hydrogen-bond acceptors (Lipinski definition) is 6. The summed E-state index contributed by atoms with van der Waals surface area (Å²) in [6.45, 7) is 1.59. The minimum Gasteiger partial charge on any atom is -0.466 e. The van der Waals surface area contributed by atoms with Gasteiger partial charge in [0, 0.05) is 0 Å². The molecular weight excluding hydrogens is 309 g/mol. The second-order valence-electron chi connectivity index (χ2n) is 3.89. The van der Waals surface area contributed by atoms with Gasteiger partial charge in [-0.05, 0) is 24.6 Å². The zero-order valence-electron chi connectivity index (χ0n) is 11.1. The van der Waals surface area contributed by atoms with Gasteiger partial charge in [0.1, 0.15) is 11.6 Å². The van der Waals surface area contributed by atoms with Crippen LogP contribution in [-0.4, -0.2) is 23.9 Å². The topological polar surface area (TPSA) is 102 Å². The molecule has 0 atom stereocenters. The quantitative estimate of drug-likeness (QED) is 0.469. The molecule has 1 aromatic rings. The molecular formula is C12H9F3N2O5. The Morgan fingerprint density at radius 3 is 2.55 bits per heavy atom. The molecule has 0 aromatic heterocycles. The fourth-order valence-electron chi connectivity index (χ4n) is 1.62. The van der Waals surface area contributed by atoms with Gasteiger partial charge in [-0.15, -0.1) is 13.2 Å². The third-order valence-corrected chi connectivity index (χ3v) is 2.32. The van der Waals surface area contributed by atoms with Crippen molar-refractivity contribution in [2.24, 2.45) is 0 Å². The number of ether oxygens (including phenoxy) is 2. The molecule has 0 bridgehead atoms. The molecule has 0 N–H and O–H groups in total. The molecule has 0 heterocycles.